The van der Waals surface area contributed by atoms with E-state index in [-0.39, 0.29) is 6.23 Å². The van der Waals surface area contributed by atoms with Gasteiger partial charge < -0.3 is 4.74 Å². The van der Waals surface area contributed by atoms with Gasteiger partial charge in [0.2, 0.25) is 0 Å². The average molecular weight is 382 g/mol. The number of nitrogens with zero attached hydrogens (tertiary/aromatic N) is 4. The lowest BCUT2D eigenvalue weighted by atomic mass is 10.2. The van der Waals surface area contributed by atoms with Gasteiger partial charge in [-0.05, 0) is 60.4 Å². The van der Waals surface area contributed by atoms with Gasteiger partial charge in [0.25, 0.3) is 0 Å². The highest BCUT2D eigenvalue weighted by molar-refractivity contribution is 14.1. The lowest BCUT2D eigenvalue weighted by Gasteiger charge is -2.22. The SMILES string of the molecule is Cc1ccc2c3c(I)nn(C4CCCCO4)c3nn2c1. The second kappa shape index (κ2) is 4.70. The minimum Gasteiger partial charge on any atom is -0.356 e. The van der Waals surface area contributed by atoms with Crippen molar-refractivity contribution in [1.82, 2.24) is 19.4 Å². The summed E-state index contributed by atoms with van der Waals surface area (Å²) >= 11 is 2.29. The van der Waals surface area contributed by atoms with Crippen molar-refractivity contribution < 1.29 is 4.74 Å². The van der Waals surface area contributed by atoms with Crippen LogP contribution in [0, 0.1) is 10.6 Å². The smallest absolute Gasteiger partial charge is 0.184 e. The van der Waals surface area contributed by atoms with Gasteiger partial charge in [-0.3, -0.25) is 0 Å². The van der Waals surface area contributed by atoms with Gasteiger partial charge in [0.05, 0.1) is 10.9 Å². The maximum Gasteiger partial charge on any atom is 0.184 e. The number of rotatable bonds is 1. The summed E-state index contributed by atoms with van der Waals surface area (Å²) in [5.41, 5.74) is 3.23. The van der Waals surface area contributed by atoms with Gasteiger partial charge in [0.1, 0.15) is 3.70 Å². The Kier molecular flexibility index (Phi) is 2.95. The molecule has 6 heteroatoms. The Labute approximate surface area is 130 Å². The van der Waals surface area contributed by atoms with Gasteiger partial charge in [0.15, 0.2) is 11.9 Å². The number of ether oxygens (including phenoxy) is 1. The highest BCUT2D eigenvalue weighted by atomic mass is 127. The third-order valence-corrected chi connectivity index (χ3v) is 4.56. The zero-order chi connectivity index (χ0) is 13.7. The first kappa shape index (κ1) is 12.6. The second-order valence-electron chi connectivity index (χ2n) is 5.29. The summed E-state index contributed by atoms with van der Waals surface area (Å²) in [5, 5.41) is 10.5. The first-order chi connectivity index (χ1) is 9.74. The first-order valence-corrected chi connectivity index (χ1v) is 7.96. The monoisotopic (exact) mass is 382 g/mol. The molecule has 3 aromatic rings. The van der Waals surface area contributed by atoms with Gasteiger partial charge in [-0.2, -0.15) is 5.10 Å². The average Bonchev–Trinajstić information content (AvgIpc) is 2.97. The standard InChI is InChI=1S/C14H15IN4O/c1-9-5-6-10-12-13(15)16-19(11-4-2-3-7-20-11)14(12)17-18(10)8-9/h5-6,8,11H,2-4,7H2,1H3. The van der Waals surface area contributed by atoms with Crippen LogP contribution in [0.5, 0.6) is 0 Å². The third kappa shape index (κ3) is 1.85. The lowest BCUT2D eigenvalue weighted by molar-refractivity contribution is -0.0372. The first-order valence-electron chi connectivity index (χ1n) is 6.88. The quantitative estimate of drug-likeness (QED) is 0.607. The van der Waals surface area contributed by atoms with Crippen LogP contribution in [0.4, 0.5) is 0 Å². The highest BCUT2D eigenvalue weighted by Gasteiger charge is 2.23. The normalized spacial score (nSPS) is 20.0. The van der Waals surface area contributed by atoms with Crippen molar-refractivity contribution in [2.24, 2.45) is 0 Å². The van der Waals surface area contributed by atoms with E-state index in [1.165, 1.54) is 12.0 Å². The Bertz CT molecular complexity index is 785. The van der Waals surface area contributed by atoms with E-state index in [9.17, 15) is 0 Å². The summed E-state index contributed by atoms with van der Waals surface area (Å²) in [5.74, 6) is 0. The molecule has 0 aliphatic carbocycles. The van der Waals surface area contributed by atoms with Gasteiger partial charge in [-0.1, -0.05) is 6.07 Å². The number of halogens is 1. The van der Waals surface area contributed by atoms with Crippen LogP contribution >= 0.6 is 22.6 Å². The Morgan fingerprint density at radius 2 is 2.20 bits per heavy atom. The minimum atomic E-state index is 0.0285. The molecule has 5 nitrogen and oxygen atoms in total. The van der Waals surface area contributed by atoms with Gasteiger partial charge in [0, 0.05) is 12.8 Å². The van der Waals surface area contributed by atoms with E-state index in [0.29, 0.717) is 0 Å². The van der Waals surface area contributed by atoms with Crippen LogP contribution in [0.3, 0.4) is 0 Å². The molecule has 0 amide bonds. The number of pyridine rings is 1. The molecule has 0 N–H and O–H groups in total. The number of aryl methyl sites for hydroxylation is 1. The van der Waals surface area contributed by atoms with E-state index in [1.54, 1.807) is 0 Å². The van der Waals surface area contributed by atoms with Gasteiger partial charge in [-0.25, -0.2) is 9.20 Å². The number of hydrogen-bond donors (Lipinski definition) is 0. The fourth-order valence-corrected chi connectivity index (χ4v) is 3.56. The number of aromatic nitrogens is 4. The summed E-state index contributed by atoms with van der Waals surface area (Å²) in [7, 11) is 0. The van der Waals surface area contributed by atoms with Gasteiger partial charge >= 0.3 is 0 Å². The predicted molar refractivity (Wildman–Crippen MR) is 84.8 cm³/mol. The van der Waals surface area contributed by atoms with E-state index in [1.807, 2.05) is 9.20 Å². The highest BCUT2D eigenvalue weighted by Crippen LogP contribution is 2.30. The van der Waals surface area contributed by atoms with Gasteiger partial charge in [-0.15, -0.1) is 5.10 Å². The molecule has 3 aromatic heterocycles. The van der Waals surface area contributed by atoms with Crippen LogP contribution in [0.2, 0.25) is 0 Å². The van der Waals surface area contributed by atoms with Crippen LogP contribution in [-0.2, 0) is 4.74 Å². The summed E-state index contributed by atoms with van der Waals surface area (Å²) < 4.78 is 10.7. The maximum absolute atomic E-state index is 5.85. The Morgan fingerprint density at radius 1 is 1.30 bits per heavy atom. The van der Waals surface area contributed by atoms with E-state index >= 15 is 0 Å². The van der Waals surface area contributed by atoms with Crippen LogP contribution in [0.1, 0.15) is 31.1 Å². The summed E-state index contributed by atoms with van der Waals surface area (Å²) in [6.45, 7) is 2.89. The molecule has 1 atom stereocenters. The van der Waals surface area contributed by atoms with Crippen LogP contribution in [0.15, 0.2) is 18.3 Å². The van der Waals surface area contributed by atoms with E-state index in [4.69, 9.17) is 9.84 Å². The van der Waals surface area contributed by atoms with E-state index in [0.717, 1.165) is 39.7 Å². The number of fused-ring (bicyclic) bond motifs is 3. The molecule has 20 heavy (non-hydrogen) atoms. The molecule has 0 aromatic carbocycles. The zero-order valence-electron chi connectivity index (χ0n) is 11.2. The molecule has 1 aliphatic heterocycles. The minimum absolute atomic E-state index is 0.0285. The molecule has 0 saturated carbocycles. The molecule has 0 radical (unpaired) electrons. The van der Waals surface area contributed by atoms with Crippen molar-refractivity contribution in [3.8, 4) is 0 Å². The molecule has 0 bridgehead atoms. The van der Waals surface area contributed by atoms with Crippen LogP contribution < -0.4 is 0 Å². The van der Waals surface area contributed by atoms with Crippen molar-refractivity contribution in [3.05, 3.63) is 27.6 Å². The molecule has 0 spiro atoms. The molecule has 1 aliphatic rings. The molecule has 1 unspecified atom stereocenters. The maximum atomic E-state index is 5.85. The molecule has 1 saturated heterocycles. The Morgan fingerprint density at radius 3 is 3.00 bits per heavy atom. The predicted octanol–water partition coefficient (Wildman–Crippen LogP) is 3.30. The van der Waals surface area contributed by atoms with Crippen molar-refractivity contribution in [1.29, 1.82) is 0 Å². The Balaban J connectivity index is 1.95. The molecule has 4 heterocycles. The van der Waals surface area contributed by atoms with Crippen molar-refractivity contribution >= 4 is 39.1 Å². The van der Waals surface area contributed by atoms with Crippen LogP contribution in [0.25, 0.3) is 16.6 Å². The van der Waals surface area contributed by atoms with E-state index < -0.39 is 0 Å². The molecular weight excluding hydrogens is 367 g/mol. The largest absolute Gasteiger partial charge is 0.356 e. The number of hydrogen-bond acceptors (Lipinski definition) is 3. The summed E-state index contributed by atoms with van der Waals surface area (Å²) in [6, 6.07) is 4.22. The third-order valence-electron chi connectivity index (χ3n) is 3.81. The van der Waals surface area contributed by atoms with Crippen molar-refractivity contribution in [2.75, 3.05) is 6.61 Å². The van der Waals surface area contributed by atoms with Crippen molar-refractivity contribution in [3.63, 3.8) is 0 Å². The molecule has 1 fully saturated rings. The zero-order valence-corrected chi connectivity index (χ0v) is 13.4. The Hall–Kier alpha value is -1.15. The molecular formula is C14H15IN4O. The summed E-state index contributed by atoms with van der Waals surface area (Å²) in [4.78, 5) is 0. The topological polar surface area (TPSA) is 44.3 Å². The van der Waals surface area contributed by atoms with Crippen LogP contribution in [-0.4, -0.2) is 26.0 Å². The summed E-state index contributed by atoms with van der Waals surface area (Å²) in [6.07, 6.45) is 5.43. The molecule has 104 valence electrons. The van der Waals surface area contributed by atoms with E-state index in [2.05, 4.69) is 52.9 Å². The fraction of sp³-hybridized carbons (Fsp3) is 0.429. The second-order valence-corrected chi connectivity index (χ2v) is 6.31. The fourth-order valence-electron chi connectivity index (χ4n) is 2.81. The van der Waals surface area contributed by atoms with Crippen molar-refractivity contribution in [2.45, 2.75) is 32.4 Å². The lowest BCUT2D eigenvalue weighted by Crippen LogP contribution is -2.19. The molecule has 4 rings (SSSR count).